The van der Waals surface area contributed by atoms with E-state index in [1.54, 1.807) is 6.20 Å². The number of hydrogen-bond donors (Lipinski definition) is 2. The van der Waals surface area contributed by atoms with E-state index in [0.717, 1.165) is 17.1 Å². The molecule has 0 saturated carbocycles. The fourth-order valence-electron chi connectivity index (χ4n) is 2.13. The fourth-order valence-corrected chi connectivity index (χ4v) is 2.13. The second-order valence-electron chi connectivity index (χ2n) is 5.24. The number of rotatable bonds is 6. The first-order valence-electron chi connectivity index (χ1n) is 7.76. The van der Waals surface area contributed by atoms with Gasteiger partial charge in [-0.15, -0.1) is 5.10 Å². The van der Waals surface area contributed by atoms with E-state index < -0.39 is 0 Å². The summed E-state index contributed by atoms with van der Waals surface area (Å²) in [5.74, 6) is 1.88. The molecule has 2 N–H and O–H groups in total. The summed E-state index contributed by atoms with van der Waals surface area (Å²) in [6.07, 6.45) is 1.59. The van der Waals surface area contributed by atoms with E-state index in [1.165, 1.54) is 5.56 Å². The highest BCUT2D eigenvalue weighted by molar-refractivity contribution is 5.59. The van der Waals surface area contributed by atoms with Gasteiger partial charge in [0, 0.05) is 11.4 Å². The van der Waals surface area contributed by atoms with E-state index in [1.807, 2.05) is 55.5 Å². The van der Waals surface area contributed by atoms with Crippen molar-refractivity contribution in [2.45, 2.75) is 13.8 Å². The molecule has 3 rings (SSSR count). The molecule has 0 atom stereocenters. The topological polar surface area (TPSA) is 72.0 Å². The van der Waals surface area contributed by atoms with Crippen LogP contribution in [0.1, 0.15) is 12.5 Å². The van der Waals surface area contributed by atoms with Gasteiger partial charge < -0.3 is 15.4 Å². The molecule has 122 valence electrons. The van der Waals surface area contributed by atoms with Crippen molar-refractivity contribution >= 4 is 23.1 Å². The number of aromatic nitrogens is 3. The van der Waals surface area contributed by atoms with E-state index in [0.29, 0.717) is 18.4 Å². The quantitative estimate of drug-likeness (QED) is 0.713. The average Bonchev–Trinajstić information content (AvgIpc) is 2.59. The molecule has 0 aliphatic heterocycles. The Labute approximate surface area is 140 Å². The van der Waals surface area contributed by atoms with Gasteiger partial charge in [0.15, 0.2) is 5.82 Å². The molecule has 0 amide bonds. The van der Waals surface area contributed by atoms with Gasteiger partial charge in [-0.2, -0.15) is 10.1 Å². The predicted octanol–water partition coefficient (Wildman–Crippen LogP) is 4.07. The maximum atomic E-state index is 5.42. The van der Waals surface area contributed by atoms with E-state index >= 15 is 0 Å². The summed E-state index contributed by atoms with van der Waals surface area (Å²) in [4.78, 5) is 4.42. The first-order valence-corrected chi connectivity index (χ1v) is 7.76. The number of nitrogens with one attached hydrogen (secondary N) is 2. The van der Waals surface area contributed by atoms with E-state index in [2.05, 4.69) is 32.7 Å². The van der Waals surface area contributed by atoms with Crippen molar-refractivity contribution in [1.82, 2.24) is 15.2 Å². The Hall–Kier alpha value is -3.15. The van der Waals surface area contributed by atoms with Crippen LogP contribution < -0.4 is 15.4 Å². The summed E-state index contributed by atoms with van der Waals surface area (Å²) in [7, 11) is 0. The lowest BCUT2D eigenvalue weighted by Crippen LogP contribution is -2.02. The van der Waals surface area contributed by atoms with Gasteiger partial charge in [-0.05, 0) is 50.2 Å². The van der Waals surface area contributed by atoms with Crippen LogP contribution in [0.3, 0.4) is 0 Å². The molecule has 6 nitrogen and oxygen atoms in total. The zero-order valence-corrected chi connectivity index (χ0v) is 13.7. The van der Waals surface area contributed by atoms with Crippen molar-refractivity contribution in [3.05, 3.63) is 60.3 Å². The van der Waals surface area contributed by atoms with Crippen LogP contribution in [0.2, 0.25) is 0 Å². The molecule has 0 aliphatic carbocycles. The summed E-state index contributed by atoms with van der Waals surface area (Å²) in [5.41, 5.74) is 3.03. The monoisotopic (exact) mass is 321 g/mol. The predicted molar refractivity (Wildman–Crippen MR) is 95.2 cm³/mol. The number of aryl methyl sites for hydroxylation is 1. The highest BCUT2D eigenvalue weighted by Gasteiger charge is 2.02. The van der Waals surface area contributed by atoms with Crippen molar-refractivity contribution in [2.75, 3.05) is 17.2 Å². The van der Waals surface area contributed by atoms with Crippen LogP contribution in [0.25, 0.3) is 0 Å². The molecule has 2 aromatic carbocycles. The molecule has 3 aromatic rings. The average molecular weight is 321 g/mol. The second-order valence-corrected chi connectivity index (χ2v) is 5.24. The standard InChI is InChI=1S/C18H19N5O/c1-3-24-16-10-8-15(9-11-16)21-18-22-17(12-19-23-18)20-14-6-4-13(2)5-7-14/h4-12H,3H2,1-2H3,(H2,20,21,22,23). The van der Waals surface area contributed by atoms with Gasteiger partial charge in [-0.25, -0.2) is 0 Å². The normalized spacial score (nSPS) is 10.2. The zero-order chi connectivity index (χ0) is 16.8. The first-order chi connectivity index (χ1) is 11.7. The minimum Gasteiger partial charge on any atom is -0.494 e. The smallest absolute Gasteiger partial charge is 0.249 e. The molecule has 0 radical (unpaired) electrons. The Morgan fingerprint density at radius 1 is 0.917 bits per heavy atom. The van der Waals surface area contributed by atoms with E-state index in [-0.39, 0.29) is 0 Å². The van der Waals surface area contributed by atoms with E-state index in [9.17, 15) is 0 Å². The van der Waals surface area contributed by atoms with Crippen LogP contribution in [0, 0.1) is 6.92 Å². The SMILES string of the molecule is CCOc1ccc(Nc2nncc(Nc3ccc(C)cc3)n2)cc1. The van der Waals surface area contributed by atoms with Crippen LogP contribution in [0.4, 0.5) is 23.1 Å². The minimum absolute atomic E-state index is 0.427. The van der Waals surface area contributed by atoms with Crippen LogP contribution in [0.15, 0.2) is 54.7 Å². The first kappa shape index (κ1) is 15.7. The molecule has 1 aromatic heterocycles. The molecule has 0 unspecified atom stereocenters. The number of benzene rings is 2. The molecule has 0 aliphatic rings. The molecular weight excluding hydrogens is 302 g/mol. The molecule has 24 heavy (non-hydrogen) atoms. The fraction of sp³-hybridized carbons (Fsp3) is 0.167. The highest BCUT2D eigenvalue weighted by atomic mass is 16.5. The van der Waals surface area contributed by atoms with Gasteiger partial charge in [-0.3, -0.25) is 0 Å². The summed E-state index contributed by atoms with van der Waals surface area (Å²) in [6.45, 7) is 4.65. The van der Waals surface area contributed by atoms with E-state index in [4.69, 9.17) is 4.74 Å². The summed E-state index contributed by atoms with van der Waals surface area (Å²) in [6, 6.07) is 15.7. The Bertz CT molecular complexity index is 787. The highest BCUT2D eigenvalue weighted by Crippen LogP contribution is 2.19. The maximum absolute atomic E-state index is 5.42. The van der Waals surface area contributed by atoms with Crippen LogP contribution in [0.5, 0.6) is 5.75 Å². The van der Waals surface area contributed by atoms with Crippen molar-refractivity contribution in [3.63, 3.8) is 0 Å². The lowest BCUT2D eigenvalue weighted by Gasteiger charge is -2.08. The molecule has 0 saturated heterocycles. The van der Waals surface area contributed by atoms with Gasteiger partial charge in [0.05, 0.1) is 12.8 Å². The molecule has 0 fully saturated rings. The summed E-state index contributed by atoms with van der Waals surface area (Å²) >= 11 is 0. The Kier molecular flexibility index (Phi) is 4.86. The molecule has 0 spiro atoms. The number of ether oxygens (including phenoxy) is 1. The molecule has 1 heterocycles. The third-order valence-electron chi connectivity index (χ3n) is 3.30. The van der Waals surface area contributed by atoms with Crippen LogP contribution >= 0.6 is 0 Å². The Balaban J connectivity index is 1.69. The molecule has 6 heteroatoms. The number of nitrogens with zero attached hydrogens (tertiary/aromatic N) is 3. The van der Waals surface area contributed by atoms with Crippen molar-refractivity contribution < 1.29 is 4.74 Å². The van der Waals surface area contributed by atoms with Crippen LogP contribution in [-0.2, 0) is 0 Å². The summed E-state index contributed by atoms with van der Waals surface area (Å²) in [5, 5.41) is 14.3. The third kappa shape index (κ3) is 4.19. The third-order valence-corrected chi connectivity index (χ3v) is 3.30. The maximum Gasteiger partial charge on any atom is 0.249 e. The van der Waals surface area contributed by atoms with Crippen LogP contribution in [-0.4, -0.2) is 21.8 Å². The van der Waals surface area contributed by atoms with Gasteiger partial charge in [-0.1, -0.05) is 17.7 Å². The molecular formula is C18H19N5O. The lowest BCUT2D eigenvalue weighted by molar-refractivity contribution is 0.340. The van der Waals surface area contributed by atoms with Gasteiger partial charge >= 0.3 is 0 Å². The lowest BCUT2D eigenvalue weighted by atomic mass is 10.2. The zero-order valence-electron chi connectivity index (χ0n) is 13.7. The second kappa shape index (κ2) is 7.41. The Morgan fingerprint density at radius 3 is 2.29 bits per heavy atom. The van der Waals surface area contributed by atoms with Gasteiger partial charge in [0.1, 0.15) is 5.75 Å². The number of anilines is 4. The number of hydrogen-bond acceptors (Lipinski definition) is 6. The van der Waals surface area contributed by atoms with Crippen molar-refractivity contribution in [3.8, 4) is 5.75 Å². The van der Waals surface area contributed by atoms with Gasteiger partial charge in [0.25, 0.3) is 0 Å². The molecule has 0 bridgehead atoms. The Morgan fingerprint density at radius 2 is 1.58 bits per heavy atom. The summed E-state index contributed by atoms with van der Waals surface area (Å²) < 4.78 is 5.42. The van der Waals surface area contributed by atoms with Gasteiger partial charge in [0.2, 0.25) is 5.95 Å². The minimum atomic E-state index is 0.427. The van der Waals surface area contributed by atoms with Crippen molar-refractivity contribution in [1.29, 1.82) is 0 Å². The van der Waals surface area contributed by atoms with Crippen molar-refractivity contribution in [2.24, 2.45) is 0 Å². The largest absolute Gasteiger partial charge is 0.494 e.